The van der Waals surface area contributed by atoms with Crippen LogP contribution in [0.3, 0.4) is 0 Å². The highest BCUT2D eigenvalue weighted by Gasteiger charge is 2.12. The molecule has 0 radical (unpaired) electrons. The second-order valence-corrected chi connectivity index (χ2v) is 4.98. The molecule has 1 atom stereocenters. The van der Waals surface area contributed by atoms with Gasteiger partial charge in [0.15, 0.2) is 0 Å². The molecule has 0 aliphatic rings. The van der Waals surface area contributed by atoms with Gasteiger partial charge in [-0.05, 0) is 37.4 Å². The molecule has 0 saturated heterocycles. The second-order valence-electron chi connectivity index (χ2n) is 4.58. The van der Waals surface area contributed by atoms with Gasteiger partial charge in [0.25, 0.3) is 6.43 Å². The lowest BCUT2D eigenvalue weighted by molar-refractivity contribution is 0.0144. The van der Waals surface area contributed by atoms with Gasteiger partial charge in [0.2, 0.25) is 0 Å². The Balaban J connectivity index is 2.45. The van der Waals surface area contributed by atoms with E-state index in [1.165, 1.54) is 0 Å². The molecule has 0 amide bonds. The van der Waals surface area contributed by atoms with Gasteiger partial charge in [0, 0.05) is 25.0 Å². The first-order valence-electron chi connectivity index (χ1n) is 6.81. The molecule has 114 valence electrons. The third-order valence-electron chi connectivity index (χ3n) is 2.86. The van der Waals surface area contributed by atoms with Crippen molar-refractivity contribution in [3.63, 3.8) is 0 Å². The summed E-state index contributed by atoms with van der Waals surface area (Å²) < 4.78 is 28.9. The van der Waals surface area contributed by atoms with Crippen molar-refractivity contribution < 1.29 is 13.5 Å². The van der Waals surface area contributed by atoms with Crippen LogP contribution in [0.25, 0.3) is 0 Å². The Labute approximate surface area is 123 Å². The number of hydrogen-bond donors (Lipinski definition) is 1. The van der Waals surface area contributed by atoms with Crippen LogP contribution in [0, 0.1) is 0 Å². The van der Waals surface area contributed by atoms with Crippen molar-refractivity contribution >= 4 is 11.6 Å². The summed E-state index contributed by atoms with van der Waals surface area (Å²) in [6, 6.07) is 2.04. The summed E-state index contributed by atoms with van der Waals surface area (Å²) in [5.74, 6) is 0. The van der Waals surface area contributed by atoms with Crippen LogP contribution in [0.1, 0.15) is 25.3 Å². The molecule has 0 aliphatic heterocycles. The highest BCUT2D eigenvalue weighted by atomic mass is 35.5. The summed E-state index contributed by atoms with van der Waals surface area (Å²) in [4.78, 5) is 3.95. The predicted molar refractivity (Wildman–Crippen MR) is 76.5 cm³/mol. The smallest absolute Gasteiger partial charge is 0.261 e. The van der Waals surface area contributed by atoms with E-state index < -0.39 is 13.0 Å². The maximum Gasteiger partial charge on any atom is 0.261 e. The summed E-state index contributed by atoms with van der Waals surface area (Å²) in [5, 5.41) is 4.02. The molecule has 0 saturated carbocycles. The first kappa shape index (κ1) is 17.3. The lowest BCUT2D eigenvalue weighted by atomic mass is 10.0. The third-order valence-corrected chi connectivity index (χ3v) is 3.20. The zero-order valence-electron chi connectivity index (χ0n) is 11.6. The minimum absolute atomic E-state index is 0.160. The van der Waals surface area contributed by atoms with Crippen LogP contribution in [-0.2, 0) is 11.2 Å². The maximum absolute atomic E-state index is 12.0. The molecule has 20 heavy (non-hydrogen) atoms. The zero-order chi connectivity index (χ0) is 14.8. The number of nitrogens with zero attached hydrogens (tertiary/aromatic N) is 1. The van der Waals surface area contributed by atoms with E-state index in [9.17, 15) is 8.78 Å². The molecule has 1 rings (SSSR count). The Hall–Kier alpha value is -0.780. The fourth-order valence-electron chi connectivity index (χ4n) is 1.86. The van der Waals surface area contributed by atoms with Gasteiger partial charge in [-0.3, -0.25) is 4.98 Å². The first-order chi connectivity index (χ1) is 9.63. The number of alkyl halides is 2. The van der Waals surface area contributed by atoms with E-state index in [0.29, 0.717) is 18.1 Å². The van der Waals surface area contributed by atoms with Crippen LogP contribution in [0.15, 0.2) is 18.5 Å². The zero-order valence-corrected chi connectivity index (χ0v) is 12.4. The number of aromatic nitrogens is 1. The molecule has 0 aromatic carbocycles. The Morgan fingerprint density at radius 1 is 1.45 bits per heavy atom. The van der Waals surface area contributed by atoms with E-state index in [1.807, 2.05) is 6.07 Å². The van der Waals surface area contributed by atoms with Crippen LogP contribution in [0.2, 0.25) is 5.02 Å². The summed E-state index contributed by atoms with van der Waals surface area (Å²) in [6.45, 7) is 2.77. The van der Waals surface area contributed by atoms with E-state index in [-0.39, 0.29) is 6.04 Å². The van der Waals surface area contributed by atoms with Gasteiger partial charge < -0.3 is 10.1 Å². The molecule has 0 fully saturated rings. The van der Waals surface area contributed by atoms with E-state index >= 15 is 0 Å². The van der Waals surface area contributed by atoms with Crippen molar-refractivity contribution in [2.45, 2.75) is 38.7 Å². The molecular weight excluding hydrogens is 286 g/mol. The van der Waals surface area contributed by atoms with Crippen LogP contribution in [0.4, 0.5) is 8.78 Å². The molecule has 1 aromatic heterocycles. The Morgan fingerprint density at radius 2 is 2.25 bits per heavy atom. The molecule has 6 heteroatoms. The van der Waals surface area contributed by atoms with Crippen LogP contribution >= 0.6 is 11.6 Å². The van der Waals surface area contributed by atoms with Crippen molar-refractivity contribution in [2.24, 2.45) is 0 Å². The largest absolute Gasteiger partial charge is 0.375 e. The molecule has 1 aromatic rings. The van der Waals surface area contributed by atoms with Gasteiger partial charge in [-0.25, -0.2) is 8.78 Å². The molecule has 3 nitrogen and oxygen atoms in total. The fraction of sp³-hybridized carbons (Fsp3) is 0.643. The van der Waals surface area contributed by atoms with Crippen molar-refractivity contribution in [3.05, 3.63) is 29.0 Å². The number of pyridine rings is 1. The summed E-state index contributed by atoms with van der Waals surface area (Å²) in [5.41, 5.74) is 1.00. The molecule has 1 heterocycles. The molecular formula is C14H21ClF2N2O. The predicted octanol–water partition coefficient (Wildman–Crippen LogP) is 3.32. The van der Waals surface area contributed by atoms with E-state index in [1.54, 1.807) is 12.4 Å². The van der Waals surface area contributed by atoms with Crippen molar-refractivity contribution in [1.29, 1.82) is 0 Å². The number of halogens is 3. The van der Waals surface area contributed by atoms with E-state index in [4.69, 9.17) is 16.3 Å². The minimum atomic E-state index is -2.41. The highest BCUT2D eigenvalue weighted by Crippen LogP contribution is 2.16. The molecule has 1 N–H and O–H groups in total. The normalized spacial score (nSPS) is 12.8. The summed E-state index contributed by atoms with van der Waals surface area (Å²) in [6.07, 6.45) is 3.32. The maximum atomic E-state index is 12.0. The van der Waals surface area contributed by atoms with Gasteiger partial charge in [0.05, 0.1) is 5.02 Å². The van der Waals surface area contributed by atoms with Crippen LogP contribution < -0.4 is 5.32 Å². The average Bonchev–Trinajstić information content (AvgIpc) is 2.42. The van der Waals surface area contributed by atoms with Gasteiger partial charge >= 0.3 is 0 Å². The number of nitrogens with one attached hydrogen (secondary N) is 1. The summed E-state index contributed by atoms with van der Waals surface area (Å²) >= 11 is 6.08. The Kier molecular flexibility index (Phi) is 8.65. The average molecular weight is 307 g/mol. The van der Waals surface area contributed by atoms with Gasteiger partial charge in [0.1, 0.15) is 6.61 Å². The lowest BCUT2D eigenvalue weighted by Crippen LogP contribution is -2.33. The highest BCUT2D eigenvalue weighted by molar-refractivity contribution is 6.31. The fourth-order valence-corrected chi connectivity index (χ4v) is 2.05. The van der Waals surface area contributed by atoms with E-state index in [0.717, 1.165) is 24.9 Å². The Bertz CT molecular complexity index is 380. The lowest BCUT2D eigenvalue weighted by Gasteiger charge is -2.19. The topological polar surface area (TPSA) is 34.1 Å². The SMILES string of the molecule is CCCNC(CCOCC(F)F)Cc1ccncc1Cl. The third kappa shape index (κ3) is 7.12. The number of ether oxygens (including phenoxy) is 1. The monoisotopic (exact) mass is 306 g/mol. The number of hydrogen-bond acceptors (Lipinski definition) is 3. The van der Waals surface area contributed by atoms with E-state index in [2.05, 4.69) is 17.2 Å². The van der Waals surface area contributed by atoms with Gasteiger partial charge in [-0.2, -0.15) is 0 Å². The molecule has 0 aliphatic carbocycles. The molecule has 0 spiro atoms. The van der Waals surface area contributed by atoms with Gasteiger partial charge in [-0.1, -0.05) is 18.5 Å². The van der Waals surface area contributed by atoms with Crippen molar-refractivity contribution in [2.75, 3.05) is 19.8 Å². The quantitative estimate of drug-likeness (QED) is 0.673. The second kappa shape index (κ2) is 10.0. The first-order valence-corrected chi connectivity index (χ1v) is 7.19. The van der Waals surface area contributed by atoms with Crippen molar-refractivity contribution in [1.82, 2.24) is 10.3 Å². The molecule has 0 bridgehead atoms. The van der Waals surface area contributed by atoms with Gasteiger partial charge in [-0.15, -0.1) is 0 Å². The molecule has 1 unspecified atom stereocenters. The number of rotatable bonds is 10. The van der Waals surface area contributed by atoms with Crippen LogP contribution in [-0.4, -0.2) is 37.2 Å². The standard InChI is InChI=1S/C14H21ClF2N2O/c1-2-5-19-12(4-7-20-10-14(16)17)8-11-3-6-18-9-13(11)15/h3,6,9,12,14,19H,2,4-5,7-8,10H2,1H3. The van der Waals surface area contributed by atoms with Crippen molar-refractivity contribution in [3.8, 4) is 0 Å². The summed E-state index contributed by atoms with van der Waals surface area (Å²) in [7, 11) is 0. The Morgan fingerprint density at radius 3 is 2.90 bits per heavy atom. The minimum Gasteiger partial charge on any atom is -0.375 e. The van der Waals surface area contributed by atoms with Crippen LogP contribution in [0.5, 0.6) is 0 Å².